The van der Waals surface area contributed by atoms with Crippen LogP contribution >= 0.6 is 0 Å². The van der Waals surface area contributed by atoms with E-state index in [0.717, 1.165) is 22.5 Å². The van der Waals surface area contributed by atoms with Crippen LogP contribution in [0.2, 0.25) is 0 Å². The van der Waals surface area contributed by atoms with Gasteiger partial charge in [0.2, 0.25) is 0 Å². The van der Waals surface area contributed by atoms with Crippen molar-refractivity contribution in [1.82, 2.24) is 0 Å². The number of hydrogen-bond acceptors (Lipinski definition) is 4. The first-order chi connectivity index (χ1) is 8.97. The van der Waals surface area contributed by atoms with E-state index in [9.17, 15) is 0 Å². The first kappa shape index (κ1) is 13.0. The molecule has 98 valence electrons. The standard InChI is InChI=1S/C15H18N4/c1-9(2)19-15-8-11(4-6-13(15)17)10-3-5-12(16)14(18)7-10/h3-8H,16-18H2,1-2H3. The highest BCUT2D eigenvalue weighted by atomic mass is 14.8. The minimum Gasteiger partial charge on any atom is -0.397 e. The van der Waals surface area contributed by atoms with E-state index in [0.29, 0.717) is 17.1 Å². The van der Waals surface area contributed by atoms with Crippen molar-refractivity contribution in [3.05, 3.63) is 36.4 Å². The second kappa shape index (κ2) is 5.02. The summed E-state index contributed by atoms with van der Waals surface area (Å²) in [6, 6.07) is 11.3. The maximum absolute atomic E-state index is 5.92. The van der Waals surface area contributed by atoms with Gasteiger partial charge >= 0.3 is 0 Å². The topological polar surface area (TPSA) is 90.4 Å². The van der Waals surface area contributed by atoms with Crippen molar-refractivity contribution in [2.45, 2.75) is 13.8 Å². The summed E-state index contributed by atoms with van der Waals surface area (Å²) >= 11 is 0. The zero-order valence-electron chi connectivity index (χ0n) is 11.1. The van der Waals surface area contributed by atoms with Crippen LogP contribution < -0.4 is 17.2 Å². The Hall–Kier alpha value is -2.49. The molecule has 2 aromatic carbocycles. The highest BCUT2D eigenvalue weighted by Gasteiger charge is 2.04. The van der Waals surface area contributed by atoms with Gasteiger partial charge in [0.25, 0.3) is 0 Å². The van der Waals surface area contributed by atoms with Gasteiger partial charge in [-0.05, 0) is 49.2 Å². The van der Waals surface area contributed by atoms with Gasteiger partial charge < -0.3 is 17.2 Å². The van der Waals surface area contributed by atoms with E-state index < -0.39 is 0 Å². The van der Waals surface area contributed by atoms with Crippen molar-refractivity contribution in [2.24, 2.45) is 4.99 Å². The fourth-order valence-corrected chi connectivity index (χ4v) is 1.82. The van der Waals surface area contributed by atoms with E-state index in [-0.39, 0.29) is 0 Å². The Morgan fingerprint density at radius 3 is 1.95 bits per heavy atom. The molecule has 2 aromatic rings. The number of hydrogen-bond donors (Lipinski definition) is 3. The fraction of sp³-hybridized carbons (Fsp3) is 0.133. The molecule has 0 aliphatic rings. The summed E-state index contributed by atoms with van der Waals surface area (Å²) in [6.07, 6.45) is 0. The summed E-state index contributed by atoms with van der Waals surface area (Å²) in [6.45, 7) is 3.88. The minimum atomic E-state index is 0.575. The van der Waals surface area contributed by atoms with Gasteiger partial charge in [0.15, 0.2) is 0 Å². The molecule has 6 N–H and O–H groups in total. The lowest BCUT2D eigenvalue weighted by atomic mass is 10.0. The van der Waals surface area contributed by atoms with Crippen molar-refractivity contribution >= 4 is 28.5 Å². The summed E-state index contributed by atoms with van der Waals surface area (Å²) in [5, 5.41) is 0. The van der Waals surface area contributed by atoms with Gasteiger partial charge in [0.05, 0.1) is 22.7 Å². The molecule has 0 aliphatic carbocycles. The normalized spacial score (nSPS) is 10.2. The quantitative estimate of drug-likeness (QED) is 0.567. The van der Waals surface area contributed by atoms with Gasteiger partial charge in [0.1, 0.15) is 0 Å². The van der Waals surface area contributed by atoms with E-state index in [1.807, 2.05) is 44.2 Å². The number of rotatable bonds is 2. The Labute approximate surface area is 112 Å². The summed E-state index contributed by atoms with van der Waals surface area (Å²) in [5.74, 6) is 0. The molecule has 2 rings (SSSR count). The number of nitrogen functional groups attached to an aromatic ring is 3. The van der Waals surface area contributed by atoms with Crippen LogP contribution in [0.3, 0.4) is 0 Å². The van der Waals surface area contributed by atoms with Gasteiger partial charge in [-0.1, -0.05) is 12.1 Å². The van der Waals surface area contributed by atoms with Crippen LogP contribution in [-0.4, -0.2) is 5.71 Å². The zero-order valence-corrected chi connectivity index (χ0v) is 11.1. The van der Waals surface area contributed by atoms with Crippen LogP contribution in [0.25, 0.3) is 11.1 Å². The highest BCUT2D eigenvalue weighted by molar-refractivity contribution is 5.86. The zero-order chi connectivity index (χ0) is 14.0. The highest BCUT2D eigenvalue weighted by Crippen LogP contribution is 2.31. The van der Waals surface area contributed by atoms with Crippen LogP contribution in [-0.2, 0) is 0 Å². The Balaban J connectivity index is 2.51. The lowest BCUT2D eigenvalue weighted by molar-refractivity contribution is 1.47. The summed E-state index contributed by atoms with van der Waals surface area (Å²) in [7, 11) is 0. The van der Waals surface area contributed by atoms with Gasteiger partial charge in [-0.2, -0.15) is 0 Å². The molecule has 0 saturated heterocycles. The lowest BCUT2D eigenvalue weighted by Crippen LogP contribution is -1.94. The molecule has 0 saturated carbocycles. The van der Waals surface area contributed by atoms with E-state index in [1.54, 1.807) is 6.07 Å². The summed E-state index contributed by atoms with van der Waals surface area (Å²) < 4.78 is 0. The lowest BCUT2D eigenvalue weighted by Gasteiger charge is -2.08. The molecule has 0 atom stereocenters. The van der Waals surface area contributed by atoms with Gasteiger partial charge in [-0.3, -0.25) is 4.99 Å². The number of aliphatic imine (C=N–C) groups is 1. The number of anilines is 3. The maximum atomic E-state index is 5.92. The Morgan fingerprint density at radius 1 is 0.789 bits per heavy atom. The Kier molecular flexibility index (Phi) is 3.42. The van der Waals surface area contributed by atoms with Crippen LogP contribution in [0.5, 0.6) is 0 Å². The molecular formula is C15H18N4. The third-order valence-electron chi connectivity index (χ3n) is 2.79. The molecule has 0 fully saturated rings. The Bertz CT molecular complexity index is 641. The van der Waals surface area contributed by atoms with Crippen molar-refractivity contribution in [2.75, 3.05) is 17.2 Å². The smallest absolute Gasteiger partial charge is 0.0864 e. The van der Waals surface area contributed by atoms with E-state index in [2.05, 4.69) is 4.99 Å². The summed E-state index contributed by atoms with van der Waals surface area (Å²) in [5.41, 5.74) is 23.0. The van der Waals surface area contributed by atoms with Crippen LogP contribution in [0, 0.1) is 0 Å². The van der Waals surface area contributed by atoms with Crippen LogP contribution in [0.1, 0.15) is 13.8 Å². The molecule has 0 radical (unpaired) electrons. The average Bonchev–Trinajstić information content (AvgIpc) is 2.35. The van der Waals surface area contributed by atoms with E-state index in [4.69, 9.17) is 17.2 Å². The summed E-state index contributed by atoms with van der Waals surface area (Å²) in [4.78, 5) is 4.42. The van der Waals surface area contributed by atoms with E-state index >= 15 is 0 Å². The molecule has 4 nitrogen and oxygen atoms in total. The van der Waals surface area contributed by atoms with Crippen LogP contribution in [0.15, 0.2) is 41.4 Å². The molecule has 0 bridgehead atoms. The Morgan fingerprint density at radius 2 is 1.37 bits per heavy atom. The molecule has 0 aliphatic heterocycles. The number of nitrogens with two attached hydrogens (primary N) is 3. The molecule has 0 heterocycles. The predicted octanol–water partition coefficient (Wildman–Crippen LogP) is 3.21. The second-order valence-electron chi connectivity index (χ2n) is 4.68. The van der Waals surface area contributed by atoms with Crippen molar-refractivity contribution in [3.8, 4) is 11.1 Å². The van der Waals surface area contributed by atoms with Crippen LogP contribution in [0.4, 0.5) is 22.7 Å². The third-order valence-corrected chi connectivity index (χ3v) is 2.79. The largest absolute Gasteiger partial charge is 0.397 e. The first-order valence-corrected chi connectivity index (χ1v) is 6.04. The van der Waals surface area contributed by atoms with Gasteiger partial charge in [-0.25, -0.2) is 0 Å². The second-order valence-corrected chi connectivity index (χ2v) is 4.68. The monoisotopic (exact) mass is 254 g/mol. The molecule has 0 aromatic heterocycles. The molecule has 0 unspecified atom stereocenters. The van der Waals surface area contributed by atoms with E-state index in [1.165, 1.54) is 0 Å². The van der Waals surface area contributed by atoms with Gasteiger partial charge in [0, 0.05) is 5.71 Å². The molecule has 0 spiro atoms. The maximum Gasteiger partial charge on any atom is 0.0864 e. The SMILES string of the molecule is CC(C)=Nc1cc(-c2ccc(N)c(N)c2)ccc1N. The third kappa shape index (κ3) is 2.85. The van der Waals surface area contributed by atoms with Gasteiger partial charge in [-0.15, -0.1) is 0 Å². The van der Waals surface area contributed by atoms with Crippen molar-refractivity contribution in [1.29, 1.82) is 0 Å². The molecule has 4 heteroatoms. The average molecular weight is 254 g/mol. The minimum absolute atomic E-state index is 0.575. The number of benzene rings is 2. The molecule has 0 amide bonds. The molecule has 19 heavy (non-hydrogen) atoms. The predicted molar refractivity (Wildman–Crippen MR) is 83.6 cm³/mol. The number of nitrogens with zero attached hydrogens (tertiary/aromatic N) is 1. The molecular weight excluding hydrogens is 236 g/mol. The van der Waals surface area contributed by atoms with Crippen molar-refractivity contribution < 1.29 is 0 Å². The first-order valence-electron chi connectivity index (χ1n) is 6.04. The fourth-order valence-electron chi connectivity index (χ4n) is 1.82. The van der Waals surface area contributed by atoms with Crippen molar-refractivity contribution in [3.63, 3.8) is 0 Å².